The van der Waals surface area contributed by atoms with Gasteiger partial charge in [-0.3, -0.25) is 0 Å². The van der Waals surface area contributed by atoms with Crippen molar-refractivity contribution in [1.29, 1.82) is 0 Å². The highest BCUT2D eigenvalue weighted by Crippen LogP contribution is 2.37. The van der Waals surface area contributed by atoms with Crippen LogP contribution in [0.5, 0.6) is 11.5 Å². The zero-order valence-corrected chi connectivity index (χ0v) is 16.7. The minimum atomic E-state index is 0.251. The Labute approximate surface area is 161 Å². The number of anilines is 1. The standard InChI is InChI=1S/C21H26N2O2S/c1-14-7-9-17(12-15(14)2)22-21(26)23-11-5-6-18(23)16-8-10-19(24-3)20(13-16)25-4/h7-10,12-13,18H,5-6,11H2,1-4H3,(H,22,26)/t18-/m0/s1. The molecule has 2 aromatic carbocycles. The van der Waals surface area contributed by atoms with Crippen LogP contribution in [0, 0.1) is 13.8 Å². The van der Waals surface area contributed by atoms with Crippen LogP contribution in [0.1, 0.15) is 35.6 Å². The predicted octanol–water partition coefficient (Wildman–Crippen LogP) is 4.85. The summed E-state index contributed by atoms with van der Waals surface area (Å²) in [5, 5.41) is 4.17. The van der Waals surface area contributed by atoms with Gasteiger partial charge in [-0.25, -0.2) is 0 Å². The van der Waals surface area contributed by atoms with E-state index < -0.39 is 0 Å². The van der Waals surface area contributed by atoms with E-state index in [4.69, 9.17) is 21.7 Å². The molecular weight excluding hydrogens is 344 g/mol. The van der Waals surface area contributed by atoms with E-state index in [1.807, 2.05) is 6.07 Å². The molecule has 1 N–H and O–H groups in total. The van der Waals surface area contributed by atoms with Crippen LogP contribution in [0.4, 0.5) is 5.69 Å². The largest absolute Gasteiger partial charge is 0.493 e. The Morgan fingerprint density at radius 2 is 1.81 bits per heavy atom. The lowest BCUT2D eigenvalue weighted by molar-refractivity contribution is 0.351. The zero-order chi connectivity index (χ0) is 18.7. The normalized spacial score (nSPS) is 16.5. The van der Waals surface area contributed by atoms with Gasteiger partial charge in [-0.15, -0.1) is 0 Å². The molecule has 3 rings (SSSR count). The number of thiocarbonyl (C=S) groups is 1. The Morgan fingerprint density at radius 3 is 2.50 bits per heavy atom. The molecule has 2 aromatic rings. The first-order valence-corrected chi connectivity index (χ1v) is 9.31. The van der Waals surface area contributed by atoms with E-state index in [9.17, 15) is 0 Å². The van der Waals surface area contributed by atoms with Crippen molar-refractivity contribution in [3.8, 4) is 11.5 Å². The molecule has 1 aliphatic heterocycles. The van der Waals surface area contributed by atoms with Crippen LogP contribution in [0.3, 0.4) is 0 Å². The molecule has 4 nitrogen and oxygen atoms in total. The van der Waals surface area contributed by atoms with E-state index >= 15 is 0 Å². The molecule has 1 atom stereocenters. The third kappa shape index (κ3) is 3.78. The molecule has 0 aliphatic carbocycles. The molecule has 1 fully saturated rings. The molecule has 5 heteroatoms. The molecule has 1 heterocycles. The second-order valence-electron chi connectivity index (χ2n) is 6.70. The van der Waals surface area contributed by atoms with Crippen LogP contribution in [-0.4, -0.2) is 30.8 Å². The summed E-state index contributed by atoms with van der Waals surface area (Å²) in [6.45, 7) is 5.19. The predicted molar refractivity (Wildman–Crippen MR) is 110 cm³/mol. The molecular formula is C21H26N2O2S. The lowest BCUT2D eigenvalue weighted by Crippen LogP contribution is -2.34. The van der Waals surface area contributed by atoms with E-state index in [0.29, 0.717) is 0 Å². The summed E-state index contributed by atoms with van der Waals surface area (Å²) >= 11 is 5.72. The van der Waals surface area contributed by atoms with E-state index in [1.165, 1.54) is 16.7 Å². The number of likely N-dealkylation sites (tertiary alicyclic amines) is 1. The van der Waals surface area contributed by atoms with E-state index in [-0.39, 0.29) is 6.04 Å². The summed E-state index contributed by atoms with van der Waals surface area (Å²) in [7, 11) is 3.32. The molecule has 1 saturated heterocycles. The molecule has 1 aliphatic rings. The molecule has 138 valence electrons. The van der Waals surface area contributed by atoms with Gasteiger partial charge in [-0.1, -0.05) is 12.1 Å². The van der Waals surface area contributed by atoms with Gasteiger partial charge in [-0.2, -0.15) is 0 Å². The van der Waals surface area contributed by atoms with Crippen molar-refractivity contribution in [2.45, 2.75) is 32.7 Å². The Balaban J connectivity index is 1.79. The van der Waals surface area contributed by atoms with Gasteiger partial charge in [0.05, 0.1) is 20.3 Å². The van der Waals surface area contributed by atoms with Gasteiger partial charge in [-0.05, 0) is 79.9 Å². The first-order valence-electron chi connectivity index (χ1n) is 8.90. The number of nitrogens with zero attached hydrogens (tertiary/aromatic N) is 1. The average molecular weight is 371 g/mol. The Morgan fingerprint density at radius 1 is 1.04 bits per heavy atom. The Hall–Kier alpha value is -2.27. The van der Waals surface area contributed by atoms with Gasteiger partial charge in [0.25, 0.3) is 0 Å². The average Bonchev–Trinajstić information content (AvgIpc) is 3.14. The van der Waals surface area contributed by atoms with Gasteiger partial charge in [0.2, 0.25) is 0 Å². The fourth-order valence-corrected chi connectivity index (χ4v) is 3.77. The minimum absolute atomic E-state index is 0.251. The summed E-state index contributed by atoms with van der Waals surface area (Å²) in [5.41, 5.74) is 4.78. The first-order chi connectivity index (χ1) is 12.5. The lowest BCUT2D eigenvalue weighted by Gasteiger charge is -2.28. The van der Waals surface area contributed by atoms with Crippen LogP contribution in [0.2, 0.25) is 0 Å². The summed E-state index contributed by atoms with van der Waals surface area (Å²) in [6.07, 6.45) is 2.19. The third-order valence-corrected chi connectivity index (χ3v) is 5.40. The monoisotopic (exact) mass is 370 g/mol. The van der Waals surface area contributed by atoms with E-state index in [0.717, 1.165) is 41.7 Å². The third-order valence-electron chi connectivity index (χ3n) is 5.06. The van der Waals surface area contributed by atoms with Gasteiger partial charge in [0.1, 0.15) is 0 Å². The van der Waals surface area contributed by atoms with Crippen LogP contribution in [-0.2, 0) is 0 Å². The maximum Gasteiger partial charge on any atom is 0.173 e. The van der Waals surface area contributed by atoms with Gasteiger partial charge < -0.3 is 19.7 Å². The molecule has 0 amide bonds. The molecule has 0 saturated carbocycles. The maximum atomic E-state index is 5.72. The highest BCUT2D eigenvalue weighted by Gasteiger charge is 2.28. The summed E-state index contributed by atoms with van der Waals surface area (Å²) in [4.78, 5) is 2.27. The van der Waals surface area contributed by atoms with Gasteiger partial charge in [0, 0.05) is 12.2 Å². The summed E-state index contributed by atoms with van der Waals surface area (Å²) in [5.74, 6) is 1.50. The fraction of sp³-hybridized carbons (Fsp3) is 0.381. The van der Waals surface area contributed by atoms with Crippen molar-refractivity contribution in [2.24, 2.45) is 0 Å². The topological polar surface area (TPSA) is 33.7 Å². The number of hydrogen-bond acceptors (Lipinski definition) is 3. The van der Waals surface area contributed by atoms with Crippen LogP contribution >= 0.6 is 12.2 Å². The molecule has 0 aromatic heterocycles. The Kier molecular flexibility index (Phi) is 5.67. The number of hydrogen-bond donors (Lipinski definition) is 1. The SMILES string of the molecule is COc1ccc([C@@H]2CCCN2C(=S)Nc2ccc(C)c(C)c2)cc1OC. The van der Waals surface area contributed by atoms with Crippen molar-refractivity contribution in [3.63, 3.8) is 0 Å². The fourth-order valence-electron chi connectivity index (χ4n) is 3.43. The number of methoxy groups -OCH3 is 2. The number of benzene rings is 2. The second kappa shape index (κ2) is 7.96. The summed E-state index contributed by atoms with van der Waals surface area (Å²) in [6, 6.07) is 12.7. The van der Waals surface area contributed by atoms with Crippen LogP contribution in [0.15, 0.2) is 36.4 Å². The highest BCUT2D eigenvalue weighted by atomic mass is 32.1. The van der Waals surface area contributed by atoms with Crippen LogP contribution < -0.4 is 14.8 Å². The number of nitrogens with one attached hydrogen (secondary N) is 1. The Bertz CT molecular complexity index is 807. The van der Waals surface area contributed by atoms with Crippen molar-refractivity contribution < 1.29 is 9.47 Å². The van der Waals surface area contributed by atoms with Crippen molar-refractivity contribution in [1.82, 2.24) is 4.90 Å². The molecule has 0 bridgehead atoms. The molecule has 0 unspecified atom stereocenters. The number of aryl methyl sites for hydroxylation is 2. The van der Waals surface area contributed by atoms with Crippen LogP contribution in [0.25, 0.3) is 0 Å². The molecule has 0 radical (unpaired) electrons. The summed E-state index contributed by atoms with van der Waals surface area (Å²) < 4.78 is 10.8. The lowest BCUT2D eigenvalue weighted by atomic mass is 10.0. The van der Waals surface area contributed by atoms with Crippen molar-refractivity contribution in [3.05, 3.63) is 53.1 Å². The zero-order valence-electron chi connectivity index (χ0n) is 15.8. The van der Waals surface area contributed by atoms with E-state index in [2.05, 4.69) is 54.4 Å². The van der Waals surface area contributed by atoms with E-state index in [1.54, 1.807) is 14.2 Å². The quantitative estimate of drug-likeness (QED) is 0.778. The molecule has 26 heavy (non-hydrogen) atoms. The first kappa shape index (κ1) is 18.5. The van der Waals surface area contributed by atoms with Crippen molar-refractivity contribution in [2.75, 3.05) is 26.1 Å². The van der Waals surface area contributed by atoms with Gasteiger partial charge in [0.15, 0.2) is 16.6 Å². The number of rotatable bonds is 4. The molecule has 0 spiro atoms. The smallest absolute Gasteiger partial charge is 0.173 e. The second-order valence-corrected chi connectivity index (χ2v) is 7.08. The number of ether oxygens (including phenoxy) is 2. The van der Waals surface area contributed by atoms with Gasteiger partial charge >= 0.3 is 0 Å². The highest BCUT2D eigenvalue weighted by molar-refractivity contribution is 7.80. The minimum Gasteiger partial charge on any atom is -0.493 e. The maximum absolute atomic E-state index is 5.72. The van der Waals surface area contributed by atoms with Crippen molar-refractivity contribution >= 4 is 23.0 Å².